The van der Waals surface area contributed by atoms with Gasteiger partial charge in [0, 0.05) is 6.54 Å². The van der Waals surface area contributed by atoms with Crippen molar-refractivity contribution < 1.29 is 4.79 Å². The van der Waals surface area contributed by atoms with E-state index < -0.39 is 0 Å². The van der Waals surface area contributed by atoms with Crippen molar-refractivity contribution in [1.82, 2.24) is 10.6 Å². The number of piperidine rings is 1. The van der Waals surface area contributed by atoms with Gasteiger partial charge in [-0.05, 0) is 36.9 Å². The molecule has 0 radical (unpaired) electrons. The molecule has 1 aliphatic heterocycles. The van der Waals surface area contributed by atoms with Crippen molar-refractivity contribution in [2.75, 3.05) is 6.54 Å². The minimum atomic E-state index is 0.00698. The minimum absolute atomic E-state index is 0.00698. The summed E-state index contributed by atoms with van der Waals surface area (Å²) in [6.45, 7) is 3.74. The van der Waals surface area contributed by atoms with Crippen molar-refractivity contribution in [1.29, 1.82) is 0 Å². The van der Waals surface area contributed by atoms with Crippen LogP contribution >= 0.6 is 0 Å². The van der Waals surface area contributed by atoms with Gasteiger partial charge in [-0.3, -0.25) is 4.79 Å². The quantitative estimate of drug-likeness (QED) is 0.853. The summed E-state index contributed by atoms with van der Waals surface area (Å²) < 4.78 is 0. The van der Waals surface area contributed by atoms with E-state index in [4.69, 9.17) is 0 Å². The van der Waals surface area contributed by atoms with E-state index in [0.717, 1.165) is 25.8 Å². The molecule has 3 nitrogen and oxygen atoms in total. The van der Waals surface area contributed by atoms with Gasteiger partial charge in [0.2, 0.25) is 5.91 Å². The molecular formula is C15H22N2O. The lowest BCUT2D eigenvalue weighted by Gasteiger charge is -2.22. The van der Waals surface area contributed by atoms with Crippen molar-refractivity contribution in [3.63, 3.8) is 0 Å². The number of rotatable bonds is 4. The first-order valence-corrected chi connectivity index (χ1v) is 6.89. The number of nitrogens with one attached hydrogen (secondary N) is 2. The smallest absolute Gasteiger partial charge is 0.237 e. The molecule has 3 heteroatoms. The number of benzene rings is 1. The van der Waals surface area contributed by atoms with Crippen LogP contribution in [0, 0.1) is 0 Å². The first kappa shape index (κ1) is 13.1. The maximum absolute atomic E-state index is 12.0. The maximum Gasteiger partial charge on any atom is 0.237 e. The number of hydrogen-bond acceptors (Lipinski definition) is 2. The summed E-state index contributed by atoms with van der Waals surface area (Å²) in [5.74, 6) is 0.139. The SMILES string of the molecule is CCc1ccccc1CNC(=O)[C@@H]1CCCCN1. The van der Waals surface area contributed by atoms with Crippen molar-refractivity contribution in [2.45, 2.75) is 45.2 Å². The van der Waals surface area contributed by atoms with Crippen LogP contribution in [0.2, 0.25) is 0 Å². The van der Waals surface area contributed by atoms with E-state index in [0.29, 0.717) is 6.54 Å². The van der Waals surface area contributed by atoms with Crippen molar-refractivity contribution in [3.05, 3.63) is 35.4 Å². The highest BCUT2D eigenvalue weighted by Crippen LogP contribution is 2.10. The fourth-order valence-electron chi connectivity index (χ4n) is 2.46. The predicted octanol–water partition coefficient (Wildman–Crippen LogP) is 2.01. The molecule has 0 bridgehead atoms. The molecule has 0 aromatic heterocycles. The summed E-state index contributed by atoms with van der Waals surface area (Å²) in [7, 11) is 0. The van der Waals surface area contributed by atoms with Gasteiger partial charge >= 0.3 is 0 Å². The molecule has 1 aromatic carbocycles. The second kappa shape index (κ2) is 6.55. The van der Waals surface area contributed by atoms with E-state index >= 15 is 0 Å². The van der Waals surface area contributed by atoms with Crippen LogP contribution in [-0.4, -0.2) is 18.5 Å². The fraction of sp³-hybridized carbons (Fsp3) is 0.533. The molecule has 1 aromatic rings. The monoisotopic (exact) mass is 246 g/mol. The van der Waals surface area contributed by atoms with Crippen LogP contribution in [0.1, 0.15) is 37.3 Å². The molecule has 1 atom stereocenters. The van der Waals surface area contributed by atoms with Gasteiger partial charge in [0.25, 0.3) is 0 Å². The molecule has 2 N–H and O–H groups in total. The third-order valence-corrected chi connectivity index (χ3v) is 3.58. The molecule has 98 valence electrons. The van der Waals surface area contributed by atoms with Crippen LogP contribution in [0.5, 0.6) is 0 Å². The molecule has 1 aliphatic rings. The van der Waals surface area contributed by atoms with Crippen LogP contribution in [0.15, 0.2) is 24.3 Å². The van der Waals surface area contributed by atoms with E-state index in [-0.39, 0.29) is 11.9 Å². The Morgan fingerprint density at radius 3 is 2.78 bits per heavy atom. The third-order valence-electron chi connectivity index (χ3n) is 3.58. The summed E-state index contributed by atoms with van der Waals surface area (Å²) in [4.78, 5) is 12.0. The van der Waals surface area contributed by atoms with Crippen LogP contribution in [0.3, 0.4) is 0 Å². The lowest BCUT2D eigenvalue weighted by Crippen LogP contribution is -2.46. The molecule has 0 aliphatic carbocycles. The summed E-state index contributed by atoms with van der Waals surface area (Å²) in [5.41, 5.74) is 2.54. The highest BCUT2D eigenvalue weighted by atomic mass is 16.2. The first-order chi connectivity index (χ1) is 8.81. The highest BCUT2D eigenvalue weighted by molar-refractivity contribution is 5.81. The number of hydrogen-bond donors (Lipinski definition) is 2. The molecule has 1 heterocycles. The molecular weight excluding hydrogens is 224 g/mol. The largest absolute Gasteiger partial charge is 0.351 e. The average molecular weight is 246 g/mol. The van der Waals surface area contributed by atoms with Gasteiger partial charge in [0.05, 0.1) is 6.04 Å². The predicted molar refractivity (Wildman–Crippen MR) is 73.3 cm³/mol. The van der Waals surface area contributed by atoms with Crippen LogP contribution in [0.4, 0.5) is 0 Å². The highest BCUT2D eigenvalue weighted by Gasteiger charge is 2.19. The third kappa shape index (κ3) is 3.33. The van der Waals surface area contributed by atoms with Gasteiger partial charge in [-0.1, -0.05) is 37.6 Å². The van der Waals surface area contributed by atoms with Crippen LogP contribution in [-0.2, 0) is 17.8 Å². The average Bonchev–Trinajstić information content (AvgIpc) is 2.46. The van der Waals surface area contributed by atoms with Crippen LogP contribution < -0.4 is 10.6 Å². The number of amides is 1. The lowest BCUT2D eigenvalue weighted by molar-refractivity contribution is -0.123. The zero-order chi connectivity index (χ0) is 12.8. The Hall–Kier alpha value is -1.35. The molecule has 0 spiro atoms. The van der Waals surface area contributed by atoms with E-state index in [1.807, 2.05) is 12.1 Å². The Morgan fingerprint density at radius 2 is 2.11 bits per heavy atom. The summed E-state index contributed by atoms with van der Waals surface area (Å²) in [6, 6.07) is 8.30. The zero-order valence-corrected chi connectivity index (χ0v) is 11.0. The van der Waals surface area contributed by atoms with Crippen molar-refractivity contribution in [2.24, 2.45) is 0 Å². The van der Waals surface area contributed by atoms with Crippen molar-refractivity contribution >= 4 is 5.91 Å². The Morgan fingerprint density at radius 1 is 1.33 bits per heavy atom. The molecule has 1 amide bonds. The van der Waals surface area contributed by atoms with Gasteiger partial charge in [0.15, 0.2) is 0 Å². The molecule has 18 heavy (non-hydrogen) atoms. The second-order valence-corrected chi connectivity index (χ2v) is 4.84. The first-order valence-electron chi connectivity index (χ1n) is 6.89. The van der Waals surface area contributed by atoms with Crippen LogP contribution in [0.25, 0.3) is 0 Å². The maximum atomic E-state index is 12.0. The van der Waals surface area contributed by atoms with Gasteiger partial charge in [0.1, 0.15) is 0 Å². The van der Waals surface area contributed by atoms with Crippen molar-refractivity contribution in [3.8, 4) is 0 Å². The lowest BCUT2D eigenvalue weighted by atomic mass is 10.0. The number of carbonyl (C=O) groups is 1. The van der Waals surface area contributed by atoms with E-state index in [1.165, 1.54) is 17.5 Å². The second-order valence-electron chi connectivity index (χ2n) is 4.84. The molecule has 0 saturated carbocycles. The van der Waals surface area contributed by atoms with E-state index in [1.54, 1.807) is 0 Å². The van der Waals surface area contributed by atoms with Gasteiger partial charge in [-0.25, -0.2) is 0 Å². The Bertz CT molecular complexity index is 397. The molecule has 1 fully saturated rings. The fourth-order valence-corrected chi connectivity index (χ4v) is 2.46. The summed E-state index contributed by atoms with van der Waals surface area (Å²) in [6.07, 6.45) is 4.30. The topological polar surface area (TPSA) is 41.1 Å². The van der Waals surface area contributed by atoms with E-state index in [2.05, 4.69) is 29.7 Å². The van der Waals surface area contributed by atoms with Gasteiger partial charge < -0.3 is 10.6 Å². The van der Waals surface area contributed by atoms with E-state index in [9.17, 15) is 4.79 Å². The molecule has 1 saturated heterocycles. The minimum Gasteiger partial charge on any atom is -0.351 e. The Labute approximate surface area is 109 Å². The Kier molecular flexibility index (Phi) is 4.76. The summed E-state index contributed by atoms with van der Waals surface area (Å²) in [5, 5.41) is 6.31. The normalized spacial score (nSPS) is 19.5. The summed E-state index contributed by atoms with van der Waals surface area (Å²) >= 11 is 0. The van der Waals surface area contributed by atoms with Gasteiger partial charge in [-0.2, -0.15) is 0 Å². The molecule has 0 unspecified atom stereocenters. The van der Waals surface area contributed by atoms with Gasteiger partial charge in [-0.15, -0.1) is 0 Å². The number of carbonyl (C=O) groups excluding carboxylic acids is 1. The standard InChI is InChI=1S/C15H22N2O/c1-2-12-7-3-4-8-13(12)11-17-15(18)14-9-5-6-10-16-14/h3-4,7-8,14,16H,2,5-6,9-11H2,1H3,(H,17,18)/t14-/m0/s1. The Balaban J connectivity index is 1.88. The zero-order valence-electron chi connectivity index (χ0n) is 11.0. The molecule has 2 rings (SSSR count). The number of aryl methyl sites for hydroxylation is 1.